The number of hydrogen-bond donors (Lipinski definition) is 1. The van der Waals surface area contributed by atoms with E-state index in [4.69, 9.17) is 9.47 Å². The molecule has 0 unspecified atom stereocenters. The summed E-state index contributed by atoms with van der Waals surface area (Å²) < 4.78 is 13.8. The molecule has 0 bridgehead atoms. The second-order valence-corrected chi connectivity index (χ2v) is 9.32. The SMILES string of the molecule is O=C(CSc1nnc(Cc2cccs2)n1C1CC1)NC[C@@H]1COc2ccccc2O1. The average Bonchev–Trinajstić information content (AvgIpc) is 3.32. The van der Waals surface area contributed by atoms with Crippen LogP contribution in [-0.4, -0.2) is 45.7 Å². The van der Waals surface area contributed by atoms with E-state index in [9.17, 15) is 4.79 Å². The highest BCUT2D eigenvalue weighted by atomic mass is 32.2. The molecule has 3 heterocycles. The van der Waals surface area contributed by atoms with Gasteiger partial charge in [0.1, 0.15) is 18.5 Å². The van der Waals surface area contributed by atoms with E-state index >= 15 is 0 Å². The zero-order valence-electron chi connectivity index (χ0n) is 16.3. The summed E-state index contributed by atoms with van der Waals surface area (Å²) in [7, 11) is 0. The number of carbonyl (C=O) groups is 1. The van der Waals surface area contributed by atoms with Crippen LogP contribution in [0, 0.1) is 0 Å². The largest absolute Gasteiger partial charge is 0.486 e. The number of nitrogens with zero attached hydrogens (tertiary/aromatic N) is 3. The van der Waals surface area contributed by atoms with E-state index in [2.05, 4.69) is 37.6 Å². The van der Waals surface area contributed by atoms with Gasteiger partial charge in [0, 0.05) is 17.3 Å². The molecule has 1 fully saturated rings. The van der Waals surface area contributed by atoms with Crippen LogP contribution in [-0.2, 0) is 11.2 Å². The Bertz CT molecular complexity index is 1020. The first-order valence-corrected chi connectivity index (χ1v) is 11.9. The molecule has 5 rings (SSSR count). The molecule has 1 saturated carbocycles. The van der Waals surface area contributed by atoms with Gasteiger partial charge in [-0.15, -0.1) is 21.5 Å². The molecule has 0 spiro atoms. The van der Waals surface area contributed by atoms with E-state index in [1.165, 1.54) is 16.6 Å². The fourth-order valence-corrected chi connectivity index (χ4v) is 4.92. The zero-order valence-corrected chi connectivity index (χ0v) is 18.0. The third kappa shape index (κ3) is 4.46. The number of carbonyl (C=O) groups excluding carboxylic acids is 1. The number of fused-ring (bicyclic) bond motifs is 1. The number of benzene rings is 1. The lowest BCUT2D eigenvalue weighted by Crippen LogP contribution is -2.41. The molecule has 0 saturated heterocycles. The molecule has 1 aliphatic heterocycles. The van der Waals surface area contributed by atoms with Crippen molar-refractivity contribution in [2.24, 2.45) is 0 Å². The lowest BCUT2D eigenvalue weighted by Gasteiger charge is -2.26. The smallest absolute Gasteiger partial charge is 0.230 e. The Morgan fingerprint density at radius 3 is 2.87 bits per heavy atom. The molecule has 1 amide bonds. The molecule has 7 nitrogen and oxygen atoms in total. The maximum absolute atomic E-state index is 12.4. The van der Waals surface area contributed by atoms with Crippen LogP contribution in [0.2, 0.25) is 0 Å². The predicted octanol–water partition coefficient (Wildman–Crippen LogP) is 3.31. The maximum atomic E-state index is 12.4. The maximum Gasteiger partial charge on any atom is 0.230 e. The molecule has 9 heteroatoms. The number of amides is 1. The molecule has 156 valence electrons. The normalized spacial score (nSPS) is 17.7. The van der Waals surface area contributed by atoms with Gasteiger partial charge in [0.05, 0.1) is 12.3 Å². The molecular weight excluding hydrogens is 420 g/mol. The van der Waals surface area contributed by atoms with Crippen LogP contribution in [0.5, 0.6) is 11.5 Å². The Hall–Kier alpha value is -2.52. The summed E-state index contributed by atoms with van der Waals surface area (Å²) in [6, 6.07) is 12.2. The Morgan fingerprint density at radius 2 is 2.07 bits per heavy atom. The summed E-state index contributed by atoms with van der Waals surface area (Å²) in [5.74, 6) is 2.69. The summed E-state index contributed by atoms with van der Waals surface area (Å²) in [5, 5.41) is 14.6. The molecule has 3 aromatic rings. The van der Waals surface area contributed by atoms with Gasteiger partial charge in [-0.2, -0.15) is 0 Å². The summed E-state index contributed by atoms with van der Waals surface area (Å²) >= 11 is 3.17. The van der Waals surface area contributed by atoms with Crippen LogP contribution in [0.3, 0.4) is 0 Å². The summed E-state index contributed by atoms with van der Waals surface area (Å²) in [6.07, 6.45) is 2.89. The van der Waals surface area contributed by atoms with Crippen LogP contribution in [0.25, 0.3) is 0 Å². The molecule has 1 N–H and O–H groups in total. The third-order valence-corrected chi connectivity index (χ3v) is 6.81. The van der Waals surface area contributed by atoms with E-state index < -0.39 is 0 Å². The number of ether oxygens (including phenoxy) is 2. The molecule has 2 aliphatic rings. The van der Waals surface area contributed by atoms with Crippen LogP contribution in [0.15, 0.2) is 46.9 Å². The van der Waals surface area contributed by atoms with Crippen LogP contribution in [0.1, 0.15) is 29.6 Å². The molecular formula is C21H22N4O3S2. The van der Waals surface area contributed by atoms with Crippen molar-refractivity contribution in [1.82, 2.24) is 20.1 Å². The number of thiophene rings is 1. The van der Waals surface area contributed by atoms with Crippen molar-refractivity contribution in [1.29, 1.82) is 0 Å². The standard InChI is InChI=1S/C21H22N4O3S2/c26-20(22-11-15-12-27-17-5-1-2-6-18(17)28-15)13-30-21-24-23-19(25(21)14-7-8-14)10-16-4-3-9-29-16/h1-6,9,14-15H,7-8,10-13H2,(H,22,26)/t15-/m1/s1. The van der Waals surface area contributed by atoms with Gasteiger partial charge >= 0.3 is 0 Å². The topological polar surface area (TPSA) is 78.3 Å². The molecule has 1 aromatic carbocycles. The Kier molecular flexibility index (Phi) is 5.63. The number of para-hydroxylation sites is 2. The highest BCUT2D eigenvalue weighted by Crippen LogP contribution is 2.39. The average molecular weight is 443 g/mol. The highest BCUT2D eigenvalue weighted by Gasteiger charge is 2.30. The van der Waals surface area contributed by atoms with Gasteiger partial charge in [0.15, 0.2) is 16.7 Å². The zero-order chi connectivity index (χ0) is 20.3. The summed E-state index contributed by atoms with van der Waals surface area (Å²) in [6.45, 7) is 0.833. The van der Waals surface area contributed by atoms with Crippen molar-refractivity contribution >= 4 is 29.0 Å². The van der Waals surface area contributed by atoms with Crippen molar-refractivity contribution in [3.8, 4) is 11.5 Å². The Labute approximate surface area is 182 Å². The molecule has 1 atom stereocenters. The lowest BCUT2D eigenvalue weighted by atomic mass is 10.2. The van der Waals surface area contributed by atoms with E-state index in [0.717, 1.165) is 36.0 Å². The minimum Gasteiger partial charge on any atom is -0.486 e. The van der Waals surface area contributed by atoms with Crippen molar-refractivity contribution in [3.63, 3.8) is 0 Å². The van der Waals surface area contributed by atoms with Gasteiger partial charge in [-0.25, -0.2) is 0 Å². The first-order chi connectivity index (χ1) is 14.8. The number of thioether (sulfide) groups is 1. The first kappa shape index (κ1) is 19.4. The second-order valence-electron chi connectivity index (χ2n) is 7.35. The van der Waals surface area contributed by atoms with E-state index in [1.807, 2.05) is 24.3 Å². The number of nitrogens with one attached hydrogen (secondary N) is 1. The summed E-state index contributed by atoms with van der Waals surface area (Å²) in [5.41, 5.74) is 0. The predicted molar refractivity (Wildman–Crippen MR) is 116 cm³/mol. The van der Waals surface area contributed by atoms with Crippen molar-refractivity contribution in [3.05, 3.63) is 52.5 Å². The molecule has 30 heavy (non-hydrogen) atoms. The van der Waals surface area contributed by atoms with Crippen molar-refractivity contribution < 1.29 is 14.3 Å². The van der Waals surface area contributed by atoms with Gasteiger partial charge < -0.3 is 19.4 Å². The number of aromatic nitrogens is 3. The monoisotopic (exact) mass is 442 g/mol. The van der Waals surface area contributed by atoms with Gasteiger partial charge in [-0.3, -0.25) is 4.79 Å². The fraction of sp³-hybridized carbons (Fsp3) is 0.381. The Morgan fingerprint density at radius 1 is 1.20 bits per heavy atom. The molecule has 1 aliphatic carbocycles. The number of rotatable bonds is 8. The third-order valence-electron chi connectivity index (χ3n) is 4.99. The first-order valence-electron chi connectivity index (χ1n) is 10.0. The minimum absolute atomic E-state index is 0.0485. The van der Waals surface area contributed by atoms with Crippen LogP contribution < -0.4 is 14.8 Å². The summed E-state index contributed by atoms with van der Waals surface area (Å²) in [4.78, 5) is 13.7. The number of hydrogen-bond acceptors (Lipinski definition) is 7. The van der Waals surface area contributed by atoms with E-state index in [0.29, 0.717) is 30.7 Å². The molecule has 2 aromatic heterocycles. The van der Waals surface area contributed by atoms with E-state index in [1.54, 1.807) is 11.3 Å². The minimum atomic E-state index is -0.193. The van der Waals surface area contributed by atoms with Gasteiger partial charge in [0.25, 0.3) is 0 Å². The van der Waals surface area contributed by atoms with Gasteiger partial charge in [0.2, 0.25) is 5.91 Å². The fourth-order valence-electron chi connectivity index (χ4n) is 3.37. The highest BCUT2D eigenvalue weighted by molar-refractivity contribution is 7.99. The quantitative estimate of drug-likeness (QED) is 0.539. The van der Waals surface area contributed by atoms with Crippen molar-refractivity contribution in [2.45, 2.75) is 36.6 Å². The Balaban J connectivity index is 1.14. The van der Waals surface area contributed by atoms with Crippen LogP contribution in [0.4, 0.5) is 0 Å². The van der Waals surface area contributed by atoms with Crippen LogP contribution >= 0.6 is 23.1 Å². The van der Waals surface area contributed by atoms with Gasteiger partial charge in [-0.05, 0) is 36.4 Å². The van der Waals surface area contributed by atoms with E-state index in [-0.39, 0.29) is 12.0 Å². The lowest BCUT2D eigenvalue weighted by molar-refractivity contribution is -0.119. The van der Waals surface area contributed by atoms with Gasteiger partial charge in [-0.1, -0.05) is 30.0 Å². The molecule has 0 radical (unpaired) electrons. The van der Waals surface area contributed by atoms with Crippen molar-refractivity contribution in [2.75, 3.05) is 18.9 Å². The second kappa shape index (κ2) is 8.69.